The number of likely N-dealkylation sites (tertiary alicyclic amines) is 1. The first-order valence-corrected chi connectivity index (χ1v) is 8.23. The van der Waals surface area contributed by atoms with Crippen LogP contribution in [0, 0.1) is 5.92 Å². The van der Waals surface area contributed by atoms with Crippen LogP contribution in [0.25, 0.3) is 0 Å². The van der Waals surface area contributed by atoms with Crippen LogP contribution >= 0.6 is 0 Å². The van der Waals surface area contributed by atoms with E-state index in [4.69, 9.17) is 10.5 Å². The largest absolute Gasteiger partial charge is 0.468 e. The average molecular weight is 297 g/mol. The van der Waals surface area contributed by atoms with Gasteiger partial charge in [0.05, 0.1) is 7.11 Å². The average Bonchev–Trinajstić information content (AvgIpc) is 2.87. The Kier molecular flexibility index (Phi) is 5.63. The quantitative estimate of drug-likeness (QED) is 0.769. The molecular weight excluding hydrogens is 266 g/mol. The van der Waals surface area contributed by atoms with E-state index in [1.54, 1.807) is 0 Å². The van der Waals surface area contributed by atoms with Gasteiger partial charge in [-0.15, -0.1) is 0 Å². The molecule has 5 heteroatoms. The van der Waals surface area contributed by atoms with Crippen LogP contribution in [-0.2, 0) is 9.53 Å². The van der Waals surface area contributed by atoms with Gasteiger partial charge in [0.15, 0.2) is 0 Å². The van der Waals surface area contributed by atoms with E-state index in [-0.39, 0.29) is 11.9 Å². The van der Waals surface area contributed by atoms with Crippen molar-refractivity contribution in [1.82, 2.24) is 9.80 Å². The minimum absolute atomic E-state index is 0.230. The van der Waals surface area contributed by atoms with E-state index < -0.39 is 5.54 Å². The molecule has 0 aromatic carbocycles. The monoisotopic (exact) mass is 297 g/mol. The van der Waals surface area contributed by atoms with Crippen molar-refractivity contribution in [3.8, 4) is 0 Å². The van der Waals surface area contributed by atoms with E-state index in [9.17, 15) is 4.79 Å². The molecule has 1 saturated carbocycles. The molecule has 0 aromatic rings. The molecule has 1 heterocycles. The van der Waals surface area contributed by atoms with Crippen LogP contribution in [0.15, 0.2) is 0 Å². The molecule has 21 heavy (non-hydrogen) atoms. The molecule has 1 aliphatic carbocycles. The van der Waals surface area contributed by atoms with Crippen LogP contribution in [-0.4, -0.2) is 68.2 Å². The molecule has 2 rings (SSSR count). The first-order valence-electron chi connectivity index (χ1n) is 8.23. The lowest BCUT2D eigenvalue weighted by molar-refractivity contribution is -0.148. The molecule has 0 aromatic heterocycles. The number of carbonyl (C=O) groups excluding carboxylic acids is 1. The number of nitrogens with zero attached hydrogens (tertiary/aromatic N) is 2. The normalized spacial score (nSPS) is 31.8. The summed E-state index contributed by atoms with van der Waals surface area (Å²) in [4.78, 5) is 16.8. The molecule has 2 atom stereocenters. The second kappa shape index (κ2) is 7.07. The Morgan fingerprint density at radius 1 is 1.38 bits per heavy atom. The van der Waals surface area contributed by atoms with Gasteiger partial charge in [0.25, 0.3) is 0 Å². The number of rotatable bonds is 5. The summed E-state index contributed by atoms with van der Waals surface area (Å²) in [5.74, 6) is 0.0330. The number of hydrogen-bond acceptors (Lipinski definition) is 5. The summed E-state index contributed by atoms with van der Waals surface area (Å²) in [5.41, 5.74) is 5.59. The molecule has 1 aliphatic heterocycles. The van der Waals surface area contributed by atoms with Gasteiger partial charge in [-0.25, -0.2) is 0 Å². The third kappa shape index (κ3) is 3.76. The summed E-state index contributed by atoms with van der Waals surface area (Å²) in [6.45, 7) is 3.39. The summed E-state index contributed by atoms with van der Waals surface area (Å²) in [7, 11) is 5.84. The number of piperidine rings is 1. The van der Waals surface area contributed by atoms with Crippen LogP contribution in [0.5, 0.6) is 0 Å². The van der Waals surface area contributed by atoms with Gasteiger partial charge in [-0.2, -0.15) is 0 Å². The van der Waals surface area contributed by atoms with Crippen LogP contribution in [0.2, 0.25) is 0 Å². The van der Waals surface area contributed by atoms with Gasteiger partial charge >= 0.3 is 5.97 Å². The van der Waals surface area contributed by atoms with E-state index in [2.05, 4.69) is 23.9 Å². The van der Waals surface area contributed by atoms with E-state index in [1.165, 1.54) is 33.0 Å². The summed E-state index contributed by atoms with van der Waals surface area (Å²) in [6.07, 6.45) is 6.32. The summed E-state index contributed by atoms with van der Waals surface area (Å²) in [5, 5.41) is 0. The number of nitrogens with two attached hydrogens (primary N) is 1. The van der Waals surface area contributed by atoms with E-state index in [0.717, 1.165) is 32.2 Å². The highest BCUT2D eigenvalue weighted by atomic mass is 16.5. The Morgan fingerprint density at radius 3 is 2.67 bits per heavy atom. The Morgan fingerprint density at radius 2 is 2.05 bits per heavy atom. The van der Waals surface area contributed by atoms with Gasteiger partial charge in [-0.05, 0) is 71.8 Å². The predicted molar refractivity (Wildman–Crippen MR) is 84.0 cm³/mol. The van der Waals surface area contributed by atoms with Crippen molar-refractivity contribution >= 4 is 5.97 Å². The van der Waals surface area contributed by atoms with Crippen molar-refractivity contribution in [2.45, 2.75) is 50.1 Å². The maximum absolute atomic E-state index is 12.0. The number of carbonyl (C=O) groups is 1. The standard InChI is InChI=1S/C16H31N3O2/c1-18-10-7-14(8-11-18)19(2)12-6-13-5-4-9-16(13,17)15(20)21-3/h13-14H,4-12,17H2,1-3H3. The van der Waals surface area contributed by atoms with Gasteiger partial charge in [-0.3, -0.25) is 4.79 Å². The second-order valence-corrected chi connectivity index (χ2v) is 6.92. The molecule has 0 amide bonds. The SMILES string of the molecule is COC(=O)C1(N)CCCC1CCN(C)C1CCN(C)CC1. The fourth-order valence-electron chi connectivity index (χ4n) is 3.94. The molecular formula is C16H31N3O2. The van der Waals surface area contributed by atoms with Gasteiger partial charge < -0.3 is 20.3 Å². The van der Waals surface area contributed by atoms with Crippen molar-refractivity contribution in [3.63, 3.8) is 0 Å². The fourth-order valence-corrected chi connectivity index (χ4v) is 3.94. The van der Waals surface area contributed by atoms with Crippen LogP contribution < -0.4 is 5.73 Å². The zero-order chi connectivity index (χ0) is 15.5. The zero-order valence-corrected chi connectivity index (χ0v) is 13.8. The molecule has 1 saturated heterocycles. The molecule has 122 valence electrons. The van der Waals surface area contributed by atoms with Crippen LogP contribution in [0.4, 0.5) is 0 Å². The molecule has 2 aliphatic rings. The number of esters is 1. The predicted octanol–water partition coefficient (Wildman–Crippen LogP) is 1.07. The first kappa shape index (κ1) is 16.7. The third-order valence-corrected chi connectivity index (χ3v) is 5.58. The molecule has 2 N–H and O–H groups in total. The van der Waals surface area contributed by atoms with Crippen molar-refractivity contribution in [1.29, 1.82) is 0 Å². The smallest absolute Gasteiger partial charge is 0.326 e. The number of methoxy groups -OCH3 is 1. The van der Waals surface area contributed by atoms with Crippen molar-refractivity contribution in [3.05, 3.63) is 0 Å². The topological polar surface area (TPSA) is 58.8 Å². The Labute approximate surface area is 128 Å². The highest BCUT2D eigenvalue weighted by Gasteiger charge is 2.46. The van der Waals surface area contributed by atoms with E-state index in [0.29, 0.717) is 6.04 Å². The lowest BCUT2D eigenvalue weighted by atomic mass is 9.85. The summed E-state index contributed by atoms with van der Waals surface area (Å²) in [6, 6.07) is 0.674. The van der Waals surface area contributed by atoms with Gasteiger partial charge in [0.2, 0.25) is 0 Å². The maximum atomic E-state index is 12.0. The van der Waals surface area contributed by atoms with Crippen molar-refractivity contribution in [2.24, 2.45) is 11.7 Å². The summed E-state index contributed by atoms with van der Waals surface area (Å²) < 4.78 is 4.92. The Balaban J connectivity index is 1.83. The van der Waals surface area contributed by atoms with E-state index in [1.807, 2.05) is 0 Å². The Hall–Kier alpha value is -0.650. The van der Waals surface area contributed by atoms with Crippen molar-refractivity contribution < 1.29 is 9.53 Å². The summed E-state index contributed by atoms with van der Waals surface area (Å²) >= 11 is 0. The fraction of sp³-hybridized carbons (Fsp3) is 0.938. The molecule has 2 unspecified atom stereocenters. The minimum Gasteiger partial charge on any atom is -0.468 e. The second-order valence-electron chi connectivity index (χ2n) is 6.92. The minimum atomic E-state index is -0.748. The highest BCUT2D eigenvalue weighted by Crippen LogP contribution is 2.37. The van der Waals surface area contributed by atoms with Crippen LogP contribution in [0.3, 0.4) is 0 Å². The first-order chi connectivity index (χ1) is 9.97. The Bertz CT molecular complexity index is 355. The maximum Gasteiger partial charge on any atom is 0.326 e. The number of ether oxygens (including phenoxy) is 1. The zero-order valence-electron chi connectivity index (χ0n) is 13.8. The number of hydrogen-bond donors (Lipinski definition) is 1. The van der Waals surface area contributed by atoms with Gasteiger partial charge in [0, 0.05) is 6.04 Å². The third-order valence-electron chi connectivity index (χ3n) is 5.58. The molecule has 0 bridgehead atoms. The van der Waals surface area contributed by atoms with Gasteiger partial charge in [0.1, 0.15) is 5.54 Å². The van der Waals surface area contributed by atoms with Crippen molar-refractivity contribution in [2.75, 3.05) is 40.8 Å². The van der Waals surface area contributed by atoms with Gasteiger partial charge in [-0.1, -0.05) is 6.42 Å². The lowest BCUT2D eigenvalue weighted by Crippen LogP contribution is -2.52. The molecule has 0 radical (unpaired) electrons. The lowest BCUT2D eigenvalue weighted by Gasteiger charge is -2.36. The van der Waals surface area contributed by atoms with E-state index >= 15 is 0 Å². The molecule has 5 nitrogen and oxygen atoms in total. The molecule has 2 fully saturated rings. The highest BCUT2D eigenvalue weighted by molar-refractivity contribution is 5.81. The van der Waals surface area contributed by atoms with Crippen LogP contribution in [0.1, 0.15) is 38.5 Å². The molecule has 0 spiro atoms.